The first kappa shape index (κ1) is 12.6. The lowest BCUT2D eigenvalue weighted by molar-refractivity contribution is -0.148. The maximum Gasteiger partial charge on any atom is 0.332 e. The molecule has 0 radical (unpaired) electrons. The van der Waals surface area contributed by atoms with Gasteiger partial charge in [0.25, 0.3) is 0 Å². The van der Waals surface area contributed by atoms with Crippen LogP contribution in [0.5, 0.6) is 0 Å². The molecule has 0 fully saturated rings. The van der Waals surface area contributed by atoms with E-state index < -0.39 is 17.6 Å². The number of halogens is 2. The Morgan fingerprint density at radius 2 is 2.06 bits per heavy atom. The second-order valence-electron chi connectivity index (χ2n) is 3.05. The van der Waals surface area contributed by atoms with Crippen molar-refractivity contribution in [3.05, 3.63) is 35.4 Å². The number of ether oxygens (including phenoxy) is 2. The van der Waals surface area contributed by atoms with Crippen molar-refractivity contribution < 1.29 is 23.0 Å². The average Bonchev–Trinajstić information content (AvgIpc) is 2.24. The van der Waals surface area contributed by atoms with Gasteiger partial charge in [0.05, 0.1) is 13.2 Å². The van der Waals surface area contributed by atoms with Crippen LogP contribution in [0.4, 0.5) is 8.78 Å². The van der Waals surface area contributed by atoms with Gasteiger partial charge in [0, 0.05) is 0 Å². The van der Waals surface area contributed by atoms with Gasteiger partial charge < -0.3 is 9.47 Å². The summed E-state index contributed by atoms with van der Waals surface area (Å²) in [5.41, 5.74) is 0.461. The molecule has 0 atom stereocenters. The maximum absolute atomic E-state index is 12.8. The Hall–Kier alpha value is -1.49. The predicted molar refractivity (Wildman–Crippen MR) is 52.6 cm³/mol. The van der Waals surface area contributed by atoms with Crippen molar-refractivity contribution in [2.75, 3.05) is 13.2 Å². The van der Waals surface area contributed by atoms with Crippen molar-refractivity contribution in [1.29, 1.82) is 0 Å². The molecule has 88 valence electrons. The van der Waals surface area contributed by atoms with Crippen LogP contribution < -0.4 is 0 Å². The van der Waals surface area contributed by atoms with Gasteiger partial charge in [0.15, 0.2) is 11.6 Å². The minimum absolute atomic E-state index is 0.0377. The molecule has 0 saturated carbocycles. The van der Waals surface area contributed by atoms with Crippen LogP contribution in [0.15, 0.2) is 18.2 Å². The zero-order valence-electron chi connectivity index (χ0n) is 8.83. The molecule has 5 heteroatoms. The highest BCUT2D eigenvalue weighted by atomic mass is 19.2. The molecule has 1 aromatic carbocycles. The Morgan fingerprint density at radius 1 is 1.31 bits per heavy atom. The van der Waals surface area contributed by atoms with E-state index in [1.54, 1.807) is 6.92 Å². The summed E-state index contributed by atoms with van der Waals surface area (Å²) in [6.07, 6.45) is 0. The van der Waals surface area contributed by atoms with Gasteiger partial charge in [-0.3, -0.25) is 0 Å². The van der Waals surface area contributed by atoms with E-state index in [0.717, 1.165) is 12.1 Å². The van der Waals surface area contributed by atoms with Gasteiger partial charge in [0.1, 0.15) is 6.61 Å². The lowest BCUT2D eigenvalue weighted by atomic mass is 10.2. The zero-order chi connectivity index (χ0) is 12.0. The molecule has 0 spiro atoms. The van der Waals surface area contributed by atoms with Crippen LogP contribution >= 0.6 is 0 Å². The second-order valence-corrected chi connectivity index (χ2v) is 3.05. The third kappa shape index (κ3) is 3.94. The van der Waals surface area contributed by atoms with E-state index in [2.05, 4.69) is 4.74 Å². The van der Waals surface area contributed by atoms with E-state index in [1.807, 2.05) is 0 Å². The van der Waals surface area contributed by atoms with Gasteiger partial charge in [-0.2, -0.15) is 0 Å². The molecule has 1 rings (SSSR count). The molecule has 0 saturated heterocycles. The summed E-state index contributed by atoms with van der Waals surface area (Å²) in [4.78, 5) is 10.9. The van der Waals surface area contributed by atoms with Gasteiger partial charge in [0.2, 0.25) is 0 Å². The first-order valence-electron chi connectivity index (χ1n) is 4.80. The van der Waals surface area contributed by atoms with Crippen LogP contribution in [0.1, 0.15) is 12.5 Å². The summed E-state index contributed by atoms with van der Waals surface area (Å²) in [5.74, 6) is -2.32. The molecule has 16 heavy (non-hydrogen) atoms. The van der Waals surface area contributed by atoms with Gasteiger partial charge in [-0.25, -0.2) is 13.6 Å². The van der Waals surface area contributed by atoms with E-state index in [1.165, 1.54) is 6.07 Å². The average molecular weight is 230 g/mol. The molecular weight excluding hydrogens is 218 g/mol. The van der Waals surface area contributed by atoms with Gasteiger partial charge in [-0.1, -0.05) is 6.07 Å². The molecule has 0 bridgehead atoms. The molecular formula is C11H12F2O3. The summed E-state index contributed by atoms with van der Waals surface area (Å²) in [6, 6.07) is 3.43. The Morgan fingerprint density at radius 3 is 2.69 bits per heavy atom. The minimum Gasteiger partial charge on any atom is -0.464 e. The van der Waals surface area contributed by atoms with Gasteiger partial charge in [-0.15, -0.1) is 0 Å². The van der Waals surface area contributed by atoms with Crippen LogP contribution in [0.2, 0.25) is 0 Å². The number of carbonyl (C=O) groups excluding carboxylic acids is 1. The third-order valence-electron chi connectivity index (χ3n) is 1.78. The fourth-order valence-electron chi connectivity index (χ4n) is 1.08. The number of esters is 1. The fraction of sp³-hybridized carbons (Fsp3) is 0.364. The number of carbonyl (C=O) groups is 1. The molecule has 3 nitrogen and oxygen atoms in total. The zero-order valence-corrected chi connectivity index (χ0v) is 8.83. The summed E-state index contributed by atoms with van der Waals surface area (Å²) < 4.78 is 34.9. The fourth-order valence-corrected chi connectivity index (χ4v) is 1.08. The van der Waals surface area contributed by atoms with E-state index in [0.29, 0.717) is 5.56 Å². The normalized spacial score (nSPS) is 10.2. The molecule has 1 aromatic rings. The molecule has 0 N–H and O–H groups in total. The lowest BCUT2D eigenvalue weighted by Crippen LogP contribution is -2.12. The van der Waals surface area contributed by atoms with E-state index in [4.69, 9.17) is 4.74 Å². The highest BCUT2D eigenvalue weighted by Crippen LogP contribution is 2.09. The number of rotatable bonds is 5. The van der Waals surface area contributed by atoms with Crippen LogP contribution in [0.3, 0.4) is 0 Å². The van der Waals surface area contributed by atoms with Gasteiger partial charge in [-0.05, 0) is 24.6 Å². The summed E-state index contributed by atoms with van der Waals surface area (Å²) in [6.45, 7) is 1.81. The first-order chi connectivity index (χ1) is 7.63. The summed E-state index contributed by atoms with van der Waals surface area (Å²) in [5, 5.41) is 0. The molecule has 0 aromatic heterocycles. The molecule has 0 aliphatic carbocycles. The number of hydrogen-bond acceptors (Lipinski definition) is 3. The summed E-state index contributed by atoms with van der Waals surface area (Å²) in [7, 11) is 0. The second kappa shape index (κ2) is 6.17. The Kier molecular flexibility index (Phi) is 4.85. The van der Waals surface area contributed by atoms with Crippen LogP contribution in [-0.2, 0) is 20.9 Å². The maximum atomic E-state index is 12.8. The first-order valence-corrected chi connectivity index (χ1v) is 4.80. The molecule has 0 unspecified atom stereocenters. The van der Waals surface area contributed by atoms with Crippen molar-refractivity contribution in [3.8, 4) is 0 Å². The van der Waals surface area contributed by atoms with Crippen LogP contribution in [0.25, 0.3) is 0 Å². The molecule has 0 aliphatic rings. The Balaban J connectivity index is 2.37. The van der Waals surface area contributed by atoms with Crippen molar-refractivity contribution in [3.63, 3.8) is 0 Å². The topological polar surface area (TPSA) is 35.5 Å². The van der Waals surface area contributed by atoms with Crippen molar-refractivity contribution >= 4 is 5.97 Å². The van der Waals surface area contributed by atoms with E-state index in [-0.39, 0.29) is 19.8 Å². The van der Waals surface area contributed by atoms with Crippen LogP contribution in [-0.4, -0.2) is 19.2 Å². The monoisotopic (exact) mass is 230 g/mol. The minimum atomic E-state index is -0.933. The SMILES string of the molecule is CCOC(=O)COCc1ccc(F)c(F)c1. The van der Waals surface area contributed by atoms with Crippen molar-refractivity contribution in [2.45, 2.75) is 13.5 Å². The lowest BCUT2D eigenvalue weighted by Gasteiger charge is -2.04. The highest BCUT2D eigenvalue weighted by Gasteiger charge is 2.04. The van der Waals surface area contributed by atoms with E-state index >= 15 is 0 Å². The Labute approximate surface area is 92.0 Å². The summed E-state index contributed by atoms with van der Waals surface area (Å²) >= 11 is 0. The highest BCUT2D eigenvalue weighted by molar-refractivity contribution is 5.70. The van der Waals surface area contributed by atoms with Crippen LogP contribution in [0, 0.1) is 11.6 Å². The smallest absolute Gasteiger partial charge is 0.332 e. The van der Waals surface area contributed by atoms with E-state index in [9.17, 15) is 13.6 Å². The predicted octanol–water partition coefficient (Wildman–Crippen LogP) is 2.04. The number of hydrogen-bond donors (Lipinski definition) is 0. The van der Waals surface area contributed by atoms with Crippen molar-refractivity contribution in [2.24, 2.45) is 0 Å². The molecule has 0 heterocycles. The largest absolute Gasteiger partial charge is 0.464 e. The molecule has 0 aliphatic heterocycles. The number of benzene rings is 1. The standard InChI is InChI=1S/C11H12F2O3/c1-2-16-11(14)7-15-6-8-3-4-9(12)10(13)5-8/h3-5H,2,6-7H2,1H3. The quantitative estimate of drug-likeness (QED) is 0.726. The molecule has 0 amide bonds. The van der Waals surface area contributed by atoms with Gasteiger partial charge >= 0.3 is 5.97 Å². The third-order valence-corrected chi connectivity index (χ3v) is 1.78. The Bertz CT molecular complexity index is 366. The van der Waals surface area contributed by atoms with Crippen molar-refractivity contribution in [1.82, 2.24) is 0 Å².